The van der Waals surface area contributed by atoms with Crippen LogP contribution in [0.2, 0.25) is 0 Å². The fourth-order valence-corrected chi connectivity index (χ4v) is 5.34. The van der Waals surface area contributed by atoms with E-state index >= 15 is 0 Å². The van der Waals surface area contributed by atoms with Crippen molar-refractivity contribution < 1.29 is 23.9 Å². The summed E-state index contributed by atoms with van der Waals surface area (Å²) in [7, 11) is 1.50. The van der Waals surface area contributed by atoms with Crippen LogP contribution in [0.3, 0.4) is 0 Å². The van der Waals surface area contributed by atoms with Gasteiger partial charge in [0.05, 0.1) is 23.4 Å². The smallest absolute Gasteiger partial charge is 0.404 e. The summed E-state index contributed by atoms with van der Waals surface area (Å²) in [6.07, 6.45) is 0.708. The molecule has 0 unspecified atom stereocenters. The Bertz CT molecular complexity index is 959. The minimum atomic E-state index is -1.12. The number of fused-ring (bicyclic) bond motifs is 4. The van der Waals surface area contributed by atoms with Crippen LogP contribution in [0.25, 0.3) is 0 Å². The summed E-state index contributed by atoms with van der Waals surface area (Å²) in [6.45, 7) is 5.89. The normalized spacial score (nSPS) is 31.5. The number of Topliss-reactive ketones (excluding diaryl/α,β-unsaturated/α-hetero) is 2. The van der Waals surface area contributed by atoms with Crippen LogP contribution in [0.4, 0.5) is 4.79 Å². The van der Waals surface area contributed by atoms with Crippen molar-refractivity contribution in [3.63, 3.8) is 0 Å². The lowest BCUT2D eigenvalue weighted by atomic mass is 9.82. The number of piperazine rings is 1. The fraction of sp³-hybridized carbons (Fsp3) is 0.474. The number of ether oxygens (including phenoxy) is 2. The molecule has 0 spiro atoms. The minimum Gasteiger partial charge on any atom is -0.449 e. The zero-order chi connectivity index (χ0) is 22.0. The van der Waals surface area contributed by atoms with Gasteiger partial charge < -0.3 is 36.1 Å². The monoisotopic (exact) mass is 433 g/mol. The number of amides is 1. The Morgan fingerprint density at radius 2 is 2.13 bits per heavy atom. The molecule has 1 amide bonds. The summed E-state index contributed by atoms with van der Waals surface area (Å²) >= 11 is 5.49. The molecule has 11 heteroatoms. The molecule has 4 aliphatic rings. The van der Waals surface area contributed by atoms with Gasteiger partial charge in [-0.3, -0.25) is 9.59 Å². The van der Waals surface area contributed by atoms with E-state index in [2.05, 4.69) is 11.9 Å². The zero-order valence-corrected chi connectivity index (χ0v) is 17.5. The molecule has 4 atom stereocenters. The number of rotatable bonds is 5. The van der Waals surface area contributed by atoms with Crippen molar-refractivity contribution in [2.45, 2.75) is 24.7 Å². The van der Waals surface area contributed by atoms with E-state index in [-0.39, 0.29) is 47.0 Å². The Hall–Kier alpha value is -2.92. The number of carbonyl (C=O) groups excluding carboxylic acids is 3. The van der Waals surface area contributed by atoms with Crippen molar-refractivity contribution in [3.8, 4) is 0 Å². The van der Waals surface area contributed by atoms with Crippen molar-refractivity contribution in [2.75, 3.05) is 26.8 Å². The molecule has 0 aromatic carbocycles. The number of hydrogen-bond donors (Lipinski definition) is 3. The average molecular weight is 433 g/mol. The van der Waals surface area contributed by atoms with Crippen molar-refractivity contribution in [2.24, 2.45) is 17.4 Å². The van der Waals surface area contributed by atoms with E-state index in [4.69, 9.17) is 33.2 Å². The first-order chi connectivity index (χ1) is 14.2. The first-order valence-corrected chi connectivity index (χ1v) is 9.85. The van der Waals surface area contributed by atoms with Gasteiger partial charge in [0, 0.05) is 31.3 Å². The molecule has 0 radical (unpaired) electrons. The van der Waals surface area contributed by atoms with Crippen molar-refractivity contribution in [1.29, 1.82) is 0 Å². The van der Waals surface area contributed by atoms with Gasteiger partial charge in [-0.25, -0.2) is 4.79 Å². The molecule has 3 heterocycles. The quantitative estimate of drug-likeness (QED) is 0.217. The Morgan fingerprint density at radius 3 is 2.73 bits per heavy atom. The second kappa shape index (κ2) is 6.81. The van der Waals surface area contributed by atoms with E-state index in [1.54, 1.807) is 11.0 Å². The number of thiocarbonyl (C=S) groups is 1. The van der Waals surface area contributed by atoms with E-state index in [0.29, 0.717) is 18.2 Å². The molecule has 160 valence electrons. The van der Waals surface area contributed by atoms with Crippen LogP contribution in [0.5, 0.6) is 0 Å². The predicted molar refractivity (Wildman–Crippen MR) is 110 cm³/mol. The highest BCUT2D eigenvalue weighted by Gasteiger charge is 2.77. The van der Waals surface area contributed by atoms with Gasteiger partial charge in [-0.05, 0) is 19.1 Å². The van der Waals surface area contributed by atoms with Crippen molar-refractivity contribution in [3.05, 3.63) is 35.2 Å². The molecule has 10 nitrogen and oxygen atoms in total. The molecule has 1 aliphatic carbocycles. The number of carbonyl (C=O) groups is 3. The Morgan fingerprint density at radius 1 is 1.43 bits per heavy atom. The molecule has 4 rings (SSSR count). The van der Waals surface area contributed by atoms with Crippen LogP contribution >= 0.6 is 12.2 Å². The number of nitrogens with zero attached hydrogens (tertiary/aromatic N) is 2. The number of nitrogens with one attached hydrogen (secondary N) is 1. The predicted octanol–water partition coefficient (Wildman–Crippen LogP) is -0.878. The second-order valence-corrected chi connectivity index (χ2v) is 7.99. The summed E-state index contributed by atoms with van der Waals surface area (Å²) in [5, 5.41) is 3.61. The van der Waals surface area contributed by atoms with Crippen LogP contribution in [0.1, 0.15) is 6.92 Å². The molecule has 3 aliphatic heterocycles. The first-order valence-electron chi connectivity index (χ1n) is 9.44. The molecular weight excluding hydrogens is 410 g/mol. The third-order valence-corrected chi connectivity index (χ3v) is 6.68. The molecule has 5 N–H and O–H groups in total. The maximum Gasteiger partial charge on any atom is 0.404 e. The van der Waals surface area contributed by atoms with Gasteiger partial charge in [-0.1, -0.05) is 6.08 Å². The zero-order valence-electron chi connectivity index (χ0n) is 16.6. The Balaban J connectivity index is 1.76. The molecule has 0 saturated carbocycles. The number of hydrogen-bond acceptors (Lipinski definition) is 8. The summed E-state index contributed by atoms with van der Waals surface area (Å²) in [6, 6.07) is -0.270. The number of ketones is 2. The van der Waals surface area contributed by atoms with E-state index in [1.165, 1.54) is 14.0 Å². The number of allylic oxidation sites excluding steroid dienone is 2. The van der Waals surface area contributed by atoms with Crippen LogP contribution in [0.15, 0.2) is 35.2 Å². The van der Waals surface area contributed by atoms with Gasteiger partial charge in [0.25, 0.3) is 0 Å². The number of nitrogens with two attached hydrogens (primary N) is 2. The SMILES string of the molecule is C=CCNC(=S)N1[C@H]2[C@@H]1CN1C3=C(C(=O)C(N)=C(C)C3=O)[C@@H](COC(N)=O)[C@@]21OC. The summed E-state index contributed by atoms with van der Waals surface area (Å²) < 4.78 is 11.1. The molecule has 2 saturated heterocycles. The lowest BCUT2D eigenvalue weighted by Gasteiger charge is -2.41. The largest absolute Gasteiger partial charge is 0.449 e. The standard InChI is InChI=1S/C19H23N5O5S/c1-4-5-22-18(30)24-10-6-23-13-11(15(26)12(20)8(2)14(13)25)9(7-29-17(21)27)19(23,28-3)16(10)24/h4,9-10,16H,1,5-7,20H2,2-3H3,(H2,21,27)(H,22,30)/t9-,10+,16+,19-,24?/m1/s1. The van der Waals surface area contributed by atoms with E-state index in [1.807, 2.05) is 4.90 Å². The average Bonchev–Trinajstić information content (AvgIpc) is 3.22. The van der Waals surface area contributed by atoms with E-state index < -0.39 is 23.5 Å². The van der Waals surface area contributed by atoms with Gasteiger partial charge in [0.2, 0.25) is 11.6 Å². The first kappa shape index (κ1) is 20.4. The van der Waals surface area contributed by atoms with Gasteiger partial charge in [0.1, 0.15) is 12.6 Å². The third kappa shape index (κ3) is 2.45. The number of primary amides is 1. The lowest BCUT2D eigenvalue weighted by molar-refractivity contribution is -0.142. The van der Waals surface area contributed by atoms with E-state index in [9.17, 15) is 14.4 Å². The van der Waals surface area contributed by atoms with E-state index in [0.717, 1.165) is 0 Å². The van der Waals surface area contributed by atoms with Gasteiger partial charge in [-0.2, -0.15) is 0 Å². The minimum absolute atomic E-state index is 0.0219. The topological polar surface area (TPSA) is 140 Å². The summed E-state index contributed by atoms with van der Waals surface area (Å²) in [4.78, 5) is 41.3. The molecule has 0 aromatic heterocycles. The maximum atomic E-state index is 13.1. The third-order valence-electron chi connectivity index (χ3n) is 6.32. The molecule has 0 bridgehead atoms. The second-order valence-electron chi connectivity index (χ2n) is 7.60. The van der Waals surface area contributed by atoms with Gasteiger partial charge >= 0.3 is 6.09 Å². The molecule has 0 aromatic rings. The Labute approximate surface area is 178 Å². The van der Waals surface area contributed by atoms with Crippen LogP contribution in [-0.4, -0.2) is 77.2 Å². The summed E-state index contributed by atoms with van der Waals surface area (Å²) in [5.41, 5.74) is 10.5. The highest BCUT2D eigenvalue weighted by molar-refractivity contribution is 7.80. The van der Waals surface area contributed by atoms with Crippen molar-refractivity contribution >= 4 is 35.0 Å². The highest BCUT2D eigenvalue weighted by Crippen LogP contribution is 2.59. The number of methoxy groups -OCH3 is 1. The van der Waals surface area contributed by atoms with Gasteiger partial charge in [-0.15, -0.1) is 6.58 Å². The van der Waals surface area contributed by atoms with Crippen molar-refractivity contribution in [1.82, 2.24) is 15.1 Å². The van der Waals surface area contributed by atoms with Crippen LogP contribution in [-0.2, 0) is 19.1 Å². The lowest BCUT2D eigenvalue weighted by Crippen LogP contribution is -2.56. The van der Waals surface area contributed by atoms with Gasteiger partial charge in [0.15, 0.2) is 10.8 Å². The molecule has 2 fully saturated rings. The van der Waals surface area contributed by atoms with Crippen LogP contribution in [0, 0.1) is 5.92 Å². The molecular formula is C19H23N5O5S. The summed E-state index contributed by atoms with van der Waals surface area (Å²) in [5.74, 6) is -1.54. The maximum absolute atomic E-state index is 13.1. The Kier molecular flexibility index (Phi) is 4.62. The fourth-order valence-electron chi connectivity index (χ4n) is 5.00. The van der Waals surface area contributed by atoms with Crippen LogP contribution < -0.4 is 16.8 Å². The molecule has 30 heavy (non-hydrogen) atoms. The highest BCUT2D eigenvalue weighted by atomic mass is 32.1.